The lowest BCUT2D eigenvalue weighted by Gasteiger charge is -2.24. The van der Waals surface area contributed by atoms with Gasteiger partial charge in [-0.1, -0.05) is 18.2 Å². The molecule has 0 radical (unpaired) electrons. The van der Waals surface area contributed by atoms with Crippen LogP contribution in [0.3, 0.4) is 0 Å². The molecule has 1 saturated heterocycles. The molecule has 5 rings (SSSR count). The number of hydrogen-bond acceptors (Lipinski definition) is 9. The van der Waals surface area contributed by atoms with E-state index in [4.69, 9.17) is 18.9 Å². The van der Waals surface area contributed by atoms with E-state index >= 15 is 0 Å². The molecule has 0 unspecified atom stereocenters. The molecular formula is C38H49N5O6. The number of aromatic nitrogens is 3. The average molecular weight is 672 g/mol. The molecule has 11 heteroatoms. The first-order valence-corrected chi connectivity index (χ1v) is 17.0. The van der Waals surface area contributed by atoms with E-state index in [0.717, 1.165) is 53.8 Å². The van der Waals surface area contributed by atoms with Crippen molar-refractivity contribution in [3.8, 4) is 22.6 Å². The number of alkyl carbamates (subject to hydrolysis) is 1. The highest BCUT2D eigenvalue weighted by Gasteiger charge is 2.23. The molecule has 1 atom stereocenters. The molecule has 262 valence electrons. The van der Waals surface area contributed by atoms with Crippen LogP contribution in [0.1, 0.15) is 65.6 Å². The molecule has 0 spiro atoms. The number of carbonyl (C=O) groups is 2. The van der Waals surface area contributed by atoms with Crippen molar-refractivity contribution < 1.29 is 28.5 Å². The number of aryl methyl sites for hydroxylation is 1. The predicted octanol–water partition coefficient (Wildman–Crippen LogP) is 7.08. The van der Waals surface area contributed by atoms with E-state index in [9.17, 15) is 9.59 Å². The molecule has 1 amide bonds. The maximum absolute atomic E-state index is 12.8. The Hall–Kier alpha value is -4.64. The summed E-state index contributed by atoms with van der Waals surface area (Å²) in [5.41, 5.74) is 2.82. The first-order valence-electron chi connectivity index (χ1n) is 17.0. The van der Waals surface area contributed by atoms with Crippen LogP contribution in [0.4, 0.5) is 9.59 Å². The first kappa shape index (κ1) is 35.7. The molecule has 49 heavy (non-hydrogen) atoms. The molecule has 3 heterocycles. The number of rotatable bonds is 10. The topological polar surface area (TPSA) is 126 Å². The molecular weight excluding hydrogens is 622 g/mol. The summed E-state index contributed by atoms with van der Waals surface area (Å²) < 4.78 is 24.8. The molecule has 2 aromatic heterocycles. The van der Waals surface area contributed by atoms with Crippen molar-refractivity contribution in [1.82, 2.24) is 25.4 Å². The molecule has 2 aromatic carbocycles. The number of ether oxygens (including phenoxy) is 4. The normalized spacial score (nSPS) is 14.7. The lowest BCUT2D eigenvalue weighted by molar-refractivity contribution is 0.0484. The van der Waals surface area contributed by atoms with Gasteiger partial charge in [0.05, 0.1) is 30.1 Å². The van der Waals surface area contributed by atoms with Gasteiger partial charge >= 0.3 is 12.2 Å². The minimum atomic E-state index is -0.640. The quantitative estimate of drug-likeness (QED) is 0.182. The van der Waals surface area contributed by atoms with Crippen molar-refractivity contribution in [3.63, 3.8) is 0 Å². The van der Waals surface area contributed by atoms with E-state index in [1.54, 1.807) is 12.4 Å². The SMILES string of the molecule is Cc1nn(C(=O)OC(C)(C)C)c2ccc(-c3cncc(OC[C@H](Cc4cccc(OCC5CCNCC5)c4)NC(=O)OC(C)(C)C)c3)cc12. The molecule has 1 aliphatic heterocycles. The van der Waals surface area contributed by atoms with Gasteiger partial charge in [0, 0.05) is 17.1 Å². The Labute approximate surface area is 288 Å². The van der Waals surface area contributed by atoms with Crippen molar-refractivity contribution >= 4 is 23.1 Å². The molecule has 0 aliphatic carbocycles. The third-order valence-corrected chi connectivity index (χ3v) is 7.97. The Morgan fingerprint density at radius 2 is 1.67 bits per heavy atom. The summed E-state index contributed by atoms with van der Waals surface area (Å²) in [6.07, 6.45) is 5.10. The van der Waals surface area contributed by atoms with Gasteiger partial charge < -0.3 is 29.6 Å². The summed E-state index contributed by atoms with van der Waals surface area (Å²) in [6.45, 7) is 15.8. The van der Waals surface area contributed by atoms with Crippen LogP contribution in [0.2, 0.25) is 0 Å². The smallest absolute Gasteiger partial charge is 0.435 e. The van der Waals surface area contributed by atoms with E-state index < -0.39 is 29.4 Å². The number of nitrogens with zero attached hydrogens (tertiary/aromatic N) is 3. The molecule has 0 bridgehead atoms. The Bertz CT molecular complexity index is 1750. The minimum absolute atomic E-state index is 0.186. The van der Waals surface area contributed by atoms with Crippen LogP contribution in [-0.2, 0) is 15.9 Å². The zero-order chi connectivity index (χ0) is 35.2. The second kappa shape index (κ2) is 15.3. The zero-order valence-corrected chi connectivity index (χ0v) is 29.7. The Balaban J connectivity index is 1.29. The van der Waals surface area contributed by atoms with E-state index in [0.29, 0.717) is 35.9 Å². The van der Waals surface area contributed by atoms with Gasteiger partial charge in [-0.3, -0.25) is 4.98 Å². The molecule has 1 fully saturated rings. The number of benzene rings is 2. The second-order valence-corrected chi connectivity index (χ2v) is 14.6. The molecule has 11 nitrogen and oxygen atoms in total. The standard InChI is InChI=1S/C38H49N5O6/c1-25-33-20-28(11-12-34(33)43(42-25)36(45)49-38(5,6)7)29-19-32(22-40-21-29)47-24-30(41-35(44)48-37(2,3)4)17-27-9-8-10-31(18-27)46-23-26-13-15-39-16-14-26/h8-12,18-22,26,30,39H,13-17,23-24H2,1-7H3,(H,41,44)/t30-/m0/s1. The van der Waals surface area contributed by atoms with Crippen LogP contribution in [0.5, 0.6) is 11.5 Å². The van der Waals surface area contributed by atoms with E-state index in [1.807, 2.05) is 97.0 Å². The summed E-state index contributed by atoms with van der Waals surface area (Å²) in [5.74, 6) is 1.91. The van der Waals surface area contributed by atoms with Gasteiger partial charge in [-0.25, -0.2) is 9.59 Å². The lowest BCUT2D eigenvalue weighted by Crippen LogP contribution is -2.43. The number of carbonyl (C=O) groups excluding carboxylic acids is 2. The summed E-state index contributed by atoms with van der Waals surface area (Å²) in [6, 6.07) is 15.2. The van der Waals surface area contributed by atoms with Crippen molar-refractivity contribution in [2.75, 3.05) is 26.3 Å². The van der Waals surface area contributed by atoms with Gasteiger partial charge in [-0.05, 0) is 128 Å². The van der Waals surface area contributed by atoms with E-state index in [2.05, 4.69) is 20.7 Å². The maximum atomic E-state index is 12.8. The maximum Gasteiger partial charge on any atom is 0.435 e. The Morgan fingerprint density at radius 1 is 0.918 bits per heavy atom. The number of nitrogens with one attached hydrogen (secondary N) is 2. The van der Waals surface area contributed by atoms with Crippen LogP contribution in [0, 0.1) is 12.8 Å². The van der Waals surface area contributed by atoms with Gasteiger partial charge in [0.15, 0.2) is 0 Å². The molecule has 4 aromatic rings. The van der Waals surface area contributed by atoms with Gasteiger partial charge in [0.2, 0.25) is 0 Å². The first-order chi connectivity index (χ1) is 23.2. The van der Waals surface area contributed by atoms with Gasteiger partial charge in [-0.15, -0.1) is 0 Å². The van der Waals surface area contributed by atoms with Crippen molar-refractivity contribution in [1.29, 1.82) is 0 Å². The number of fused-ring (bicyclic) bond motifs is 1. The van der Waals surface area contributed by atoms with Crippen molar-refractivity contribution in [2.24, 2.45) is 5.92 Å². The van der Waals surface area contributed by atoms with Crippen molar-refractivity contribution in [3.05, 3.63) is 72.2 Å². The lowest BCUT2D eigenvalue weighted by atomic mass is 9.99. The second-order valence-electron chi connectivity index (χ2n) is 14.6. The number of amides is 1. The van der Waals surface area contributed by atoms with Crippen molar-refractivity contribution in [2.45, 2.75) is 85.0 Å². The Morgan fingerprint density at radius 3 is 2.41 bits per heavy atom. The van der Waals surface area contributed by atoms with Gasteiger partial charge in [0.25, 0.3) is 0 Å². The predicted molar refractivity (Wildman–Crippen MR) is 189 cm³/mol. The third-order valence-electron chi connectivity index (χ3n) is 7.97. The fourth-order valence-electron chi connectivity index (χ4n) is 5.68. The van der Waals surface area contributed by atoms with Crippen LogP contribution in [0.15, 0.2) is 60.9 Å². The molecule has 1 aliphatic rings. The highest BCUT2D eigenvalue weighted by atomic mass is 16.6. The molecule has 2 N–H and O–H groups in total. The number of piperidine rings is 1. The molecule has 0 saturated carbocycles. The monoisotopic (exact) mass is 671 g/mol. The van der Waals surface area contributed by atoms with E-state index in [1.165, 1.54) is 4.68 Å². The fraction of sp³-hybridized carbons (Fsp3) is 0.474. The third kappa shape index (κ3) is 10.4. The fourth-order valence-corrected chi connectivity index (χ4v) is 5.68. The van der Waals surface area contributed by atoms with Gasteiger partial charge in [0.1, 0.15) is 29.3 Å². The van der Waals surface area contributed by atoms with Gasteiger partial charge in [-0.2, -0.15) is 9.78 Å². The van der Waals surface area contributed by atoms with E-state index in [-0.39, 0.29) is 6.61 Å². The largest absolute Gasteiger partial charge is 0.493 e. The van der Waals surface area contributed by atoms with Crippen LogP contribution < -0.4 is 20.1 Å². The summed E-state index contributed by atoms with van der Waals surface area (Å²) >= 11 is 0. The number of hydrogen-bond donors (Lipinski definition) is 2. The zero-order valence-electron chi connectivity index (χ0n) is 29.7. The van der Waals surface area contributed by atoms with Crippen LogP contribution in [0.25, 0.3) is 22.0 Å². The average Bonchev–Trinajstić information content (AvgIpc) is 3.37. The minimum Gasteiger partial charge on any atom is -0.493 e. The Kier molecular flexibility index (Phi) is 11.1. The highest BCUT2D eigenvalue weighted by Crippen LogP contribution is 2.29. The summed E-state index contributed by atoms with van der Waals surface area (Å²) in [5, 5.41) is 11.7. The van der Waals surface area contributed by atoms with Crippen LogP contribution >= 0.6 is 0 Å². The highest BCUT2D eigenvalue weighted by molar-refractivity contribution is 5.92. The van der Waals surface area contributed by atoms with Crippen LogP contribution in [-0.4, -0.2) is 70.5 Å². The summed E-state index contributed by atoms with van der Waals surface area (Å²) in [7, 11) is 0. The summed E-state index contributed by atoms with van der Waals surface area (Å²) in [4.78, 5) is 30.0. The number of pyridine rings is 1.